The van der Waals surface area contributed by atoms with Gasteiger partial charge < -0.3 is 15.2 Å². The molecule has 2 aromatic carbocycles. The first-order chi connectivity index (χ1) is 10.7. The molecular weight excluding hydrogens is 281 g/mol. The zero-order chi connectivity index (χ0) is 15.4. The fourth-order valence-corrected chi connectivity index (χ4v) is 2.07. The summed E-state index contributed by atoms with van der Waals surface area (Å²) < 4.78 is 15.4. The van der Waals surface area contributed by atoms with Crippen LogP contribution in [0.3, 0.4) is 0 Å². The molecule has 2 amide bonds. The summed E-state index contributed by atoms with van der Waals surface area (Å²) in [5.74, 6) is -0.472. The molecule has 3 aromatic rings. The quantitative estimate of drug-likeness (QED) is 0.745. The molecule has 0 saturated heterocycles. The van der Waals surface area contributed by atoms with Crippen LogP contribution >= 0.6 is 0 Å². The summed E-state index contributed by atoms with van der Waals surface area (Å²) in [5.41, 5.74) is 1.76. The lowest BCUT2D eigenvalue weighted by molar-refractivity contribution is 0.262. The number of benzene rings is 2. The average Bonchev–Trinajstić information content (AvgIpc) is 3.05. The van der Waals surface area contributed by atoms with Gasteiger partial charge in [-0.1, -0.05) is 12.1 Å². The minimum Gasteiger partial charge on any atom is -0.324 e. The van der Waals surface area contributed by atoms with Crippen molar-refractivity contribution in [1.29, 1.82) is 0 Å². The van der Waals surface area contributed by atoms with Crippen molar-refractivity contribution in [3.63, 3.8) is 0 Å². The van der Waals surface area contributed by atoms with Gasteiger partial charge in [0, 0.05) is 23.8 Å². The summed E-state index contributed by atoms with van der Waals surface area (Å²) in [7, 11) is 0. The normalized spacial score (nSPS) is 10.2. The van der Waals surface area contributed by atoms with E-state index < -0.39 is 11.8 Å². The van der Waals surface area contributed by atoms with Gasteiger partial charge in [-0.15, -0.1) is 0 Å². The molecule has 1 aromatic heterocycles. The number of aromatic nitrogens is 1. The van der Waals surface area contributed by atoms with Crippen molar-refractivity contribution >= 4 is 17.4 Å². The van der Waals surface area contributed by atoms with Gasteiger partial charge in [0.2, 0.25) is 0 Å². The Kier molecular flexibility index (Phi) is 3.87. The highest BCUT2D eigenvalue weighted by molar-refractivity contribution is 5.99. The predicted octanol–water partition coefficient (Wildman–Crippen LogP) is 4.26. The number of para-hydroxylation sites is 1. The molecule has 0 bridgehead atoms. The number of amides is 2. The van der Waals surface area contributed by atoms with Gasteiger partial charge in [-0.2, -0.15) is 0 Å². The molecule has 0 radical (unpaired) electrons. The van der Waals surface area contributed by atoms with E-state index in [0.29, 0.717) is 5.69 Å². The molecule has 0 atom stereocenters. The lowest BCUT2D eigenvalue weighted by Gasteiger charge is -2.09. The number of nitrogens with zero attached hydrogens (tertiary/aromatic N) is 1. The molecule has 0 aliphatic heterocycles. The van der Waals surface area contributed by atoms with Gasteiger partial charge in [0.25, 0.3) is 0 Å². The van der Waals surface area contributed by atoms with Gasteiger partial charge in [0.1, 0.15) is 5.82 Å². The zero-order valence-electron chi connectivity index (χ0n) is 11.7. The Morgan fingerprint density at radius 3 is 2.23 bits per heavy atom. The summed E-state index contributed by atoms with van der Waals surface area (Å²) in [5, 5.41) is 5.13. The van der Waals surface area contributed by atoms with Crippen LogP contribution in [0.2, 0.25) is 0 Å². The van der Waals surface area contributed by atoms with Gasteiger partial charge in [-0.3, -0.25) is 0 Å². The van der Waals surface area contributed by atoms with Crippen molar-refractivity contribution in [2.45, 2.75) is 0 Å². The monoisotopic (exact) mass is 295 g/mol. The van der Waals surface area contributed by atoms with Crippen LogP contribution in [0.1, 0.15) is 0 Å². The summed E-state index contributed by atoms with van der Waals surface area (Å²) >= 11 is 0. The Bertz CT molecular complexity index is 767. The third kappa shape index (κ3) is 3.15. The van der Waals surface area contributed by atoms with E-state index in [9.17, 15) is 9.18 Å². The number of hydrogen-bond donors (Lipinski definition) is 2. The van der Waals surface area contributed by atoms with Crippen LogP contribution in [-0.2, 0) is 0 Å². The minimum absolute atomic E-state index is 0.143. The fourth-order valence-electron chi connectivity index (χ4n) is 2.07. The molecule has 22 heavy (non-hydrogen) atoms. The largest absolute Gasteiger partial charge is 0.324 e. The van der Waals surface area contributed by atoms with E-state index in [4.69, 9.17) is 0 Å². The number of hydrogen-bond acceptors (Lipinski definition) is 1. The lowest BCUT2D eigenvalue weighted by Crippen LogP contribution is -2.20. The molecule has 0 saturated carbocycles. The topological polar surface area (TPSA) is 46.1 Å². The molecule has 0 unspecified atom stereocenters. The average molecular weight is 295 g/mol. The summed E-state index contributed by atoms with van der Waals surface area (Å²) in [6.07, 6.45) is 3.88. The number of carbonyl (C=O) groups is 1. The van der Waals surface area contributed by atoms with E-state index in [1.54, 1.807) is 24.3 Å². The van der Waals surface area contributed by atoms with Crippen LogP contribution in [-0.4, -0.2) is 10.6 Å². The lowest BCUT2D eigenvalue weighted by atomic mass is 10.3. The standard InChI is InChI=1S/C17H14FN3O/c18-15-5-1-2-6-16(15)20-17(22)19-13-7-9-14(10-8-13)21-11-3-4-12-21/h1-12H,(H2,19,20,22). The number of urea groups is 1. The molecule has 2 N–H and O–H groups in total. The summed E-state index contributed by atoms with van der Waals surface area (Å²) in [6.45, 7) is 0. The van der Waals surface area contributed by atoms with E-state index in [0.717, 1.165) is 5.69 Å². The highest BCUT2D eigenvalue weighted by Gasteiger charge is 2.06. The molecule has 0 aliphatic rings. The van der Waals surface area contributed by atoms with Gasteiger partial charge in [-0.25, -0.2) is 9.18 Å². The fraction of sp³-hybridized carbons (Fsp3) is 0. The first-order valence-electron chi connectivity index (χ1n) is 6.78. The Morgan fingerprint density at radius 2 is 1.55 bits per heavy atom. The van der Waals surface area contributed by atoms with E-state index in [2.05, 4.69) is 10.6 Å². The van der Waals surface area contributed by atoms with Crippen molar-refractivity contribution < 1.29 is 9.18 Å². The van der Waals surface area contributed by atoms with Crippen LogP contribution in [0, 0.1) is 5.82 Å². The first-order valence-corrected chi connectivity index (χ1v) is 6.78. The molecule has 3 rings (SSSR count). The molecule has 0 fully saturated rings. The number of anilines is 2. The van der Waals surface area contributed by atoms with Gasteiger partial charge in [0.15, 0.2) is 0 Å². The molecule has 0 spiro atoms. The first kappa shape index (κ1) is 13.9. The highest BCUT2D eigenvalue weighted by Crippen LogP contribution is 2.15. The maximum atomic E-state index is 13.5. The van der Waals surface area contributed by atoms with Crippen molar-refractivity contribution in [3.8, 4) is 5.69 Å². The van der Waals surface area contributed by atoms with Crippen molar-refractivity contribution in [3.05, 3.63) is 78.9 Å². The number of nitrogens with one attached hydrogen (secondary N) is 2. The number of carbonyl (C=O) groups excluding carboxylic acids is 1. The van der Waals surface area contributed by atoms with Crippen LogP contribution in [0.15, 0.2) is 73.1 Å². The third-order valence-corrected chi connectivity index (χ3v) is 3.15. The SMILES string of the molecule is O=C(Nc1ccc(-n2cccc2)cc1)Nc1ccccc1F. The molecule has 0 aliphatic carbocycles. The second kappa shape index (κ2) is 6.13. The summed E-state index contributed by atoms with van der Waals surface area (Å²) in [4.78, 5) is 11.9. The molecule has 110 valence electrons. The molecule has 1 heterocycles. The number of halogens is 1. The number of rotatable bonds is 3. The van der Waals surface area contributed by atoms with Crippen LogP contribution in [0.4, 0.5) is 20.6 Å². The Hall–Kier alpha value is -3.08. The van der Waals surface area contributed by atoms with Gasteiger partial charge in [-0.05, 0) is 48.5 Å². The van der Waals surface area contributed by atoms with Crippen molar-refractivity contribution in [1.82, 2.24) is 4.57 Å². The second-order valence-corrected chi connectivity index (χ2v) is 4.70. The van der Waals surface area contributed by atoms with Gasteiger partial charge in [0.05, 0.1) is 5.69 Å². The zero-order valence-corrected chi connectivity index (χ0v) is 11.7. The van der Waals surface area contributed by atoms with E-state index >= 15 is 0 Å². The maximum absolute atomic E-state index is 13.5. The van der Waals surface area contributed by atoms with E-state index in [1.807, 2.05) is 41.2 Å². The van der Waals surface area contributed by atoms with E-state index in [-0.39, 0.29) is 5.69 Å². The van der Waals surface area contributed by atoms with Crippen LogP contribution in [0.5, 0.6) is 0 Å². The Labute approximate surface area is 127 Å². The molecular formula is C17H14FN3O. The van der Waals surface area contributed by atoms with Crippen molar-refractivity contribution in [2.24, 2.45) is 0 Å². The predicted molar refractivity (Wildman–Crippen MR) is 84.8 cm³/mol. The smallest absolute Gasteiger partial charge is 0.323 e. The molecule has 4 nitrogen and oxygen atoms in total. The van der Waals surface area contributed by atoms with Crippen LogP contribution in [0.25, 0.3) is 5.69 Å². The third-order valence-electron chi connectivity index (χ3n) is 3.15. The summed E-state index contributed by atoms with van der Waals surface area (Å²) in [6, 6.07) is 16.8. The Morgan fingerprint density at radius 1 is 0.864 bits per heavy atom. The second-order valence-electron chi connectivity index (χ2n) is 4.70. The van der Waals surface area contributed by atoms with Crippen molar-refractivity contribution in [2.75, 3.05) is 10.6 Å². The van der Waals surface area contributed by atoms with Crippen LogP contribution < -0.4 is 10.6 Å². The highest BCUT2D eigenvalue weighted by atomic mass is 19.1. The van der Waals surface area contributed by atoms with E-state index in [1.165, 1.54) is 12.1 Å². The maximum Gasteiger partial charge on any atom is 0.323 e. The van der Waals surface area contributed by atoms with Gasteiger partial charge >= 0.3 is 6.03 Å². The molecule has 5 heteroatoms. The minimum atomic E-state index is -0.487. The Balaban J connectivity index is 1.66.